The van der Waals surface area contributed by atoms with E-state index in [2.05, 4.69) is 5.32 Å². The first kappa shape index (κ1) is 12.2. The highest BCUT2D eigenvalue weighted by molar-refractivity contribution is 7.07. The van der Waals surface area contributed by atoms with Crippen LogP contribution in [0.2, 0.25) is 0 Å². The fraction of sp³-hybridized carbons (Fsp3) is 0.500. The van der Waals surface area contributed by atoms with Gasteiger partial charge >= 0.3 is 5.97 Å². The molecular formula is C10H15NO3S. The summed E-state index contributed by atoms with van der Waals surface area (Å²) in [7, 11) is 1.49. The second-order valence-corrected chi connectivity index (χ2v) is 4.07. The molecule has 1 aromatic rings. The third kappa shape index (κ3) is 3.62. The largest absolute Gasteiger partial charge is 0.480 e. The fourth-order valence-electron chi connectivity index (χ4n) is 1.28. The number of methoxy groups -OCH3 is 1. The summed E-state index contributed by atoms with van der Waals surface area (Å²) >= 11 is 1.60. The van der Waals surface area contributed by atoms with Gasteiger partial charge in [-0.3, -0.25) is 10.1 Å². The molecule has 1 heterocycles. The summed E-state index contributed by atoms with van der Waals surface area (Å²) in [6, 6.07) is 1.34. The fourth-order valence-corrected chi connectivity index (χ4v) is 2.03. The molecule has 0 fully saturated rings. The van der Waals surface area contributed by atoms with E-state index in [1.165, 1.54) is 7.11 Å². The highest BCUT2D eigenvalue weighted by Crippen LogP contribution is 2.16. The molecule has 84 valence electrons. The number of hydrogen-bond donors (Lipinski definition) is 2. The van der Waals surface area contributed by atoms with Gasteiger partial charge in [-0.1, -0.05) is 0 Å². The Hall–Kier alpha value is -0.910. The van der Waals surface area contributed by atoms with Crippen molar-refractivity contribution in [3.63, 3.8) is 0 Å². The van der Waals surface area contributed by atoms with Gasteiger partial charge in [-0.2, -0.15) is 11.3 Å². The molecule has 0 aliphatic heterocycles. The van der Waals surface area contributed by atoms with Gasteiger partial charge in [0.05, 0.1) is 6.61 Å². The van der Waals surface area contributed by atoms with Gasteiger partial charge in [0, 0.05) is 13.2 Å². The molecule has 0 aliphatic carbocycles. The van der Waals surface area contributed by atoms with Crippen LogP contribution >= 0.6 is 11.3 Å². The minimum atomic E-state index is -0.890. The van der Waals surface area contributed by atoms with Crippen LogP contribution < -0.4 is 5.32 Å². The number of rotatable bonds is 6. The number of carboxylic acid groups (broad SMARTS) is 1. The van der Waals surface area contributed by atoms with E-state index in [1.54, 1.807) is 11.3 Å². The van der Waals surface area contributed by atoms with Crippen LogP contribution in [0.15, 0.2) is 16.8 Å². The summed E-state index contributed by atoms with van der Waals surface area (Å²) in [6.07, 6.45) is 0. The Balaban J connectivity index is 2.54. The van der Waals surface area contributed by atoms with E-state index in [9.17, 15) is 4.79 Å². The Labute approximate surface area is 92.9 Å². The Morgan fingerprint density at radius 2 is 2.47 bits per heavy atom. The normalized spacial score (nSPS) is 14.8. The molecule has 2 atom stereocenters. The van der Waals surface area contributed by atoms with E-state index < -0.39 is 12.0 Å². The highest BCUT2D eigenvalue weighted by Gasteiger charge is 2.19. The van der Waals surface area contributed by atoms with Gasteiger partial charge < -0.3 is 9.84 Å². The van der Waals surface area contributed by atoms with Crippen LogP contribution in [0.4, 0.5) is 0 Å². The topological polar surface area (TPSA) is 58.6 Å². The zero-order valence-corrected chi connectivity index (χ0v) is 9.58. The van der Waals surface area contributed by atoms with Crippen LogP contribution in [-0.2, 0) is 9.53 Å². The third-order valence-electron chi connectivity index (χ3n) is 2.13. The monoisotopic (exact) mass is 229 g/mol. The smallest absolute Gasteiger partial charge is 0.323 e. The van der Waals surface area contributed by atoms with Gasteiger partial charge in [-0.05, 0) is 29.3 Å². The quantitative estimate of drug-likeness (QED) is 0.776. The lowest BCUT2D eigenvalue weighted by Gasteiger charge is -2.18. The minimum absolute atomic E-state index is 0.0208. The van der Waals surface area contributed by atoms with Crippen LogP contribution in [0.5, 0.6) is 0 Å². The number of carbonyl (C=O) groups is 1. The molecule has 0 aliphatic rings. The van der Waals surface area contributed by atoms with Gasteiger partial charge in [0.2, 0.25) is 0 Å². The molecule has 0 spiro atoms. The number of nitrogens with one attached hydrogen (secondary N) is 1. The third-order valence-corrected chi connectivity index (χ3v) is 2.83. The number of ether oxygens (including phenoxy) is 1. The zero-order chi connectivity index (χ0) is 11.3. The van der Waals surface area contributed by atoms with Crippen molar-refractivity contribution in [3.05, 3.63) is 22.4 Å². The van der Waals surface area contributed by atoms with E-state index >= 15 is 0 Å². The predicted octanol–water partition coefficient (Wildman–Crippen LogP) is 1.50. The molecule has 15 heavy (non-hydrogen) atoms. The Morgan fingerprint density at radius 1 is 1.73 bits per heavy atom. The van der Waals surface area contributed by atoms with Gasteiger partial charge in [0.15, 0.2) is 0 Å². The lowest BCUT2D eigenvalue weighted by atomic mass is 10.1. The minimum Gasteiger partial charge on any atom is -0.480 e. The maximum atomic E-state index is 10.9. The van der Waals surface area contributed by atoms with Crippen molar-refractivity contribution in [1.29, 1.82) is 0 Å². The van der Waals surface area contributed by atoms with Crippen molar-refractivity contribution in [1.82, 2.24) is 5.32 Å². The second-order valence-electron chi connectivity index (χ2n) is 3.29. The molecule has 2 unspecified atom stereocenters. The lowest BCUT2D eigenvalue weighted by Crippen LogP contribution is -2.41. The molecule has 5 heteroatoms. The molecule has 0 radical (unpaired) electrons. The molecule has 4 nitrogen and oxygen atoms in total. The number of carboxylic acids is 1. The van der Waals surface area contributed by atoms with Crippen LogP contribution in [-0.4, -0.2) is 30.8 Å². The lowest BCUT2D eigenvalue weighted by molar-refractivity contribution is -0.141. The number of aliphatic carboxylic acids is 1. The van der Waals surface area contributed by atoms with Crippen LogP contribution in [0.1, 0.15) is 18.5 Å². The molecule has 0 saturated carbocycles. The zero-order valence-electron chi connectivity index (χ0n) is 8.77. The molecule has 0 amide bonds. The summed E-state index contributed by atoms with van der Waals surface area (Å²) < 4.78 is 4.84. The molecule has 1 rings (SSSR count). The SMILES string of the molecule is COCC(NC(C)c1ccsc1)C(=O)O. The van der Waals surface area contributed by atoms with Crippen molar-refractivity contribution in [2.24, 2.45) is 0 Å². The summed E-state index contributed by atoms with van der Waals surface area (Å²) in [5, 5.41) is 15.9. The molecule has 2 N–H and O–H groups in total. The van der Waals surface area contributed by atoms with E-state index in [0.29, 0.717) is 0 Å². The average molecular weight is 229 g/mol. The van der Waals surface area contributed by atoms with Crippen LogP contribution in [0.25, 0.3) is 0 Å². The van der Waals surface area contributed by atoms with E-state index in [1.807, 2.05) is 23.8 Å². The molecular weight excluding hydrogens is 214 g/mol. The summed E-state index contributed by atoms with van der Waals surface area (Å²) in [5.74, 6) is -0.890. The maximum absolute atomic E-state index is 10.9. The molecule has 0 saturated heterocycles. The Morgan fingerprint density at radius 3 is 2.93 bits per heavy atom. The second kappa shape index (κ2) is 5.85. The summed E-state index contributed by atoms with van der Waals surface area (Å²) in [4.78, 5) is 10.9. The van der Waals surface area contributed by atoms with Crippen molar-refractivity contribution in [2.45, 2.75) is 19.0 Å². The van der Waals surface area contributed by atoms with Crippen LogP contribution in [0, 0.1) is 0 Å². The van der Waals surface area contributed by atoms with E-state index in [4.69, 9.17) is 9.84 Å². The van der Waals surface area contributed by atoms with Crippen molar-refractivity contribution < 1.29 is 14.6 Å². The van der Waals surface area contributed by atoms with Gasteiger partial charge in [-0.25, -0.2) is 0 Å². The highest BCUT2D eigenvalue weighted by atomic mass is 32.1. The van der Waals surface area contributed by atoms with Crippen molar-refractivity contribution >= 4 is 17.3 Å². The first-order valence-corrected chi connectivity index (χ1v) is 5.59. The number of hydrogen-bond acceptors (Lipinski definition) is 4. The van der Waals surface area contributed by atoms with E-state index in [-0.39, 0.29) is 12.6 Å². The Bertz CT molecular complexity index is 300. The van der Waals surface area contributed by atoms with Gasteiger partial charge in [0.25, 0.3) is 0 Å². The standard InChI is InChI=1S/C10H15NO3S/c1-7(8-3-4-15-6-8)11-9(5-14-2)10(12)13/h3-4,6-7,9,11H,5H2,1-2H3,(H,12,13). The average Bonchev–Trinajstić information content (AvgIpc) is 2.69. The molecule has 0 aromatic carbocycles. The number of thiophene rings is 1. The molecule has 0 bridgehead atoms. The summed E-state index contributed by atoms with van der Waals surface area (Å²) in [5.41, 5.74) is 1.10. The Kier molecular flexibility index (Phi) is 4.74. The summed E-state index contributed by atoms with van der Waals surface area (Å²) in [6.45, 7) is 2.11. The van der Waals surface area contributed by atoms with E-state index in [0.717, 1.165) is 5.56 Å². The first-order valence-electron chi connectivity index (χ1n) is 4.65. The predicted molar refractivity (Wildman–Crippen MR) is 59.2 cm³/mol. The van der Waals surface area contributed by atoms with Crippen molar-refractivity contribution in [2.75, 3.05) is 13.7 Å². The van der Waals surface area contributed by atoms with Gasteiger partial charge in [0.1, 0.15) is 6.04 Å². The van der Waals surface area contributed by atoms with Crippen LogP contribution in [0.3, 0.4) is 0 Å². The van der Waals surface area contributed by atoms with Crippen molar-refractivity contribution in [3.8, 4) is 0 Å². The van der Waals surface area contributed by atoms with Gasteiger partial charge in [-0.15, -0.1) is 0 Å². The molecule has 1 aromatic heterocycles. The maximum Gasteiger partial charge on any atom is 0.323 e. The first-order chi connectivity index (χ1) is 7.15.